The monoisotopic (exact) mass is 769 g/mol. The second-order valence-electron chi connectivity index (χ2n) is 21.7. The standard InChI is InChI=1S/C57H55NO/c1-53(2)25-26-54(3,4)47-32-40(21-23-44(47)53)58(39-20-22-42-41-11-7-8-12-43(41)55(5,6)46(42)31-39)38-18-15-35(16-19-38)36-17-24-50-48(29-36)57(45-13-9-10-14-49(45)59-50)51-28-34-27-37-30-52(57)56(37,51)33-34/h7-24,29,31-32,34,37,51-52H,25-28,30,33H2,1-6H3. The molecule has 4 fully saturated rings. The molecular weight excluding hydrogens is 715 g/mol. The highest BCUT2D eigenvalue weighted by molar-refractivity contribution is 5.86. The van der Waals surface area contributed by atoms with Gasteiger partial charge in [0.05, 0.1) is 0 Å². The molecule has 4 saturated carbocycles. The molecule has 0 saturated heterocycles. The summed E-state index contributed by atoms with van der Waals surface area (Å²) in [7, 11) is 0. The summed E-state index contributed by atoms with van der Waals surface area (Å²) in [6.07, 6.45) is 8.13. The van der Waals surface area contributed by atoms with Crippen molar-refractivity contribution in [2.75, 3.05) is 4.90 Å². The van der Waals surface area contributed by atoms with E-state index in [0.717, 1.165) is 35.2 Å². The highest BCUT2D eigenvalue weighted by Crippen LogP contribution is 2.89. The predicted molar refractivity (Wildman–Crippen MR) is 242 cm³/mol. The zero-order valence-corrected chi connectivity index (χ0v) is 35.5. The Labute approximate surface area is 350 Å². The molecule has 0 amide bonds. The third-order valence-corrected chi connectivity index (χ3v) is 17.9. The Morgan fingerprint density at radius 3 is 1.92 bits per heavy atom. The summed E-state index contributed by atoms with van der Waals surface area (Å²) < 4.78 is 6.77. The molecule has 0 N–H and O–H groups in total. The summed E-state index contributed by atoms with van der Waals surface area (Å²) in [4.78, 5) is 2.52. The quantitative estimate of drug-likeness (QED) is 0.177. The molecule has 1 aliphatic heterocycles. The zero-order chi connectivity index (χ0) is 39.8. The van der Waals surface area contributed by atoms with Crippen LogP contribution in [-0.4, -0.2) is 0 Å². The van der Waals surface area contributed by atoms with E-state index in [1.54, 1.807) is 0 Å². The molecule has 6 aromatic carbocycles. The number of hydrogen-bond acceptors (Lipinski definition) is 2. The van der Waals surface area contributed by atoms with Gasteiger partial charge < -0.3 is 9.64 Å². The summed E-state index contributed by atoms with van der Waals surface area (Å²) in [5, 5.41) is 0. The SMILES string of the molecule is CC1(C)CCC(C)(C)c2cc(N(c3ccc(-c4ccc5c(c4)C4(c6ccccc6O5)C5CC6CC7CC4C75C6)cc3)c3ccc4c(c3)C(C)(C)c3ccccc3-4)ccc21. The Kier molecular flexibility index (Phi) is 6.59. The minimum Gasteiger partial charge on any atom is -0.457 e. The minimum atomic E-state index is -0.0775. The lowest BCUT2D eigenvalue weighted by Crippen LogP contribution is -2.74. The van der Waals surface area contributed by atoms with Crippen LogP contribution in [0.5, 0.6) is 11.5 Å². The Hall–Kier alpha value is -5.08. The molecule has 1 heterocycles. The van der Waals surface area contributed by atoms with E-state index in [-0.39, 0.29) is 21.7 Å². The van der Waals surface area contributed by atoms with Gasteiger partial charge in [0.15, 0.2) is 0 Å². The van der Waals surface area contributed by atoms with Crippen LogP contribution in [0.1, 0.15) is 113 Å². The van der Waals surface area contributed by atoms with Crippen LogP contribution in [0.2, 0.25) is 0 Å². The third kappa shape index (κ3) is 4.24. The second-order valence-corrected chi connectivity index (χ2v) is 21.7. The number of hydrogen-bond donors (Lipinski definition) is 0. The average Bonchev–Trinajstić information content (AvgIpc) is 3.85. The van der Waals surface area contributed by atoms with Crippen LogP contribution in [0.3, 0.4) is 0 Å². The van der Waals surface area contributed by atoms with Crippen LogP contribution in [0.25, 0.3) is 22.3 Å². The minimum absolute atomic E-state index is 0.0775. The van der Waals surface area contributed by atoms with E-state index in [9.17, 15) is 0 Å². The topological polar surface area (TPSA) is 12.5 Å². The van der Waals surface area contributed by atoms with Crippen molar-refractivity contribution in [3.63, 3.8) is 0 Å². The van der Waals surface area contributed by atoms with E-state index < -0.39 is 0 Å². The summed E-state index contributed by atoms with van der Waals surface area (Å²) in [6.45, 7) is 14.5. The summed E-state index contributed by atoms with van der Waals surface area (Å²) >= 11 is 0. The van der Waals surface area contributed by atoms with Gasteiger partial charge in [0.25, 0.3) is 0 Å². The van der Waals surface area contributed by atoms with Gasteiger partial charge in [0.2, 0.25) is 0 Å². The number of rotatable bonds is 4. The smallest absolute Gasteiger partial charge is 0.131 e. The predicted octanol–water partition coefficient (Wildman–Crippen LogP) is 14.9. The van der Waals surface area contributed by atoms with Crippen molar-refractivity contribution in [2.24, 2.45) is 29.1 Å². The van der Waals surface area contributed by atoms with Crippen molar-refractivity contribution in [1.29, 1.82) is 0 Å². The molecule has 294 valence electrons. The molecule has 2 bridgehead atoms. The number of fused-ring (bicyclic) bond motifs is 11. The van der Waals surface area contributed by atoms with Gasteiger partial charge in [-0.25, -0.2) is 0 Å². The molecular formula is C57H55NO. The lowest BCUT2D eigenvalue weighted by atomic mass is 9.26. The van der Waals surface area contributed by atoms with Crippen LogP contribution in [0.15, 0.2) is 127 Å². The molecule has 2 nitrogen and oxygen atoms in total. The van der Waals surface area contributed by atoms with Crippen molar-refractivity contribution >= 4 is 17.1 Å². The zero-order valence-electron chi connectivity index (χ0n) is 35.5. The van der Waals surface area contributed by atoms with Gasteiger partial charge in [-0.15, -0.1) is 0 Å². The van der Waals surface area contributed by atoms with Crippen LogP contribution in [0, 0.1) is 29.1 Å². The summed E-state index contributed by atoms with van der Waals surface area (Å²) in [5.74, 6) is 5.53. The lowest BCUT2D eigenvalue weighted by molar-refractivity contribution is -0.235. The van der Waals surface area contributed by atoms with Crippen molar-refractivity contribution in [2.45, 2.75) is 102 Å². The van der Waals surface area contributed by atoms with Crippen molar-refractivity contribution < 1.29 is 4.74 Å². The van der Waals surface area contributed by atoms with Gasteiger partial charge in [-0.2, -0.15) is 0 Å². The maximum atomic E-state index is 6.77. The Bertz CT molecular complexity index is 2790. The first-order valence-corrected chi connectivity index (χ1v) is 22.6. The molecule has 2 spiro atoms. The first kappa shape index (κ1) is 34.8. The van der Waals surface area contributed by atoms with E-state index in [4.69, 9.17) is 4.74 Å². The summed E-state index contributed by atoms with van der Waals surface area (Å²) in [5.41, 5.74) is 18.5. The van der Waals surface area contributed by atoms with E-state index in [2.05, 4.69) is 174 Å². The largest absolute Gasteiger partial charge is 0.457 e. The van der Waals surface area contributed by atoms with Gasteiger partial charge in [0, 0.05) is 39.0 Å². The second kappa shape index (κ2) is 11.2. The number of benzene rings is 6. The van der Waals surface area contributed by atoms with Crippen LogP contribution in [-0.2, 0) is 21.7 Å². The van der Waals surface area contributed by atoms with Gasteiger partial charge in [-0.05, 0) is 178 Å². The third-order valence-electron chi connectivity index (χ3n) is 17.9. The molecule has 59 heavy (non-hydrogen) atoms. The number of anilines is 3. The highest BCUT2D eigenvalue weighted by Gasteiger charge is 2.84. The van der Waals surface area contributed by atoms with Crippen LogP contribution in [0.4, 0.5) is 17.1 Å². The van der Waals surface area contributed by atoms with E-state index in [1.807, 2.05) is 0 Å². The Balaban J connectivity index is 0.928. The number of ether oxygens (including phenoxy) is 1. The van der Waals surface area contributed by atoms with E-state index in [0.29, 0.717) is 5.41 Å². The molecule has 7 aliphatic rings. The van der Waals surface area contributed by atoms with Gasteiger partial charge in [-0.3, -0.25) is 0 Å². The van der Waals surface area contributed by atoms with Gasteiger partial charge in [-0.1, -0.05) is 114 Å². The van der Waals surface area contributed by atoms with Gasteiger partial charge in [0.1, 0.15) is 11.5 Å². The Morgan fingerprint density at radius 2 is 1.12 bits per heavy atom. The molecule has 6 atom stereocenters. The normalized spacial score (nSPS) is 29.5. The van der Waals surface area contributed by atoms with Crippen molar-refractivity contribution in [3.05, 3.63) is 161 Å². The lowest BCUT2D eigenvalue weighted by Gasteiger charge is -2.77. The number of para-hydroxylation sites is 1. The molecule has 13 rings (SSSR count). The fourth-order valence-electron chi connectivity index (χ4n) is 15.1. The van der Waals surface area contributed by atoms with E-state index >= 15 is 0 Å². The van der Waals surface area contributed by atoms with Crippen LogP contribution < -0.4 is 9.64 Å². The van der Waals surface area contributed by atoms with Crippen LogP contribution >= 0.6 is 0 Å². The van der Waals surface area contributed by atoms with Gasteiger partial charge >= 0.3 is 0 Å². The molecule has 0 radical (unpaired) electrons. The maximum absolute atomic E-state index is 6.77. The van der Waals surface area contributed by atoms with E-state index in [1.165, 1.54) is 111 Å². The molecule has 0 aromatic heterocycles. The van der Waals surface area contributed by atoms with Crippen molar-refractivity contribution in [1.82, 2.24) is 0 Å². The summed E-state index contributed by atoms with van der Waals surface area (Å²) in [6, 6.07) is 49.2. The highest BCUT2D eigenvalue weighted by atomic mass is 16.5. The fourth-order valence-corrected chi connectivity index (χ4v) is 15.1. The Morgan fingerprint density at radius 1 is 0.492 bits per heavy atom. The maximum Gasteiger partial charge on any atom is 0.131 e. The fraction of sp³-hybridized carbons (Fsp3) is 0.368. The van der Waals surface area contributed by atoms with Crippen molar-refractivity contribution in [3.8, 4) is 33.8 Å². The molecule has 6 unspecified atom stereocenters. The first-order chi connectivity index (χ1) is 28.4. The number of nitrogens with zero attached hydrogens (tertiary/aromatic N) is 1. The molecule has 6 aliphatic carbocycles. The molecule has 2 heteroatoms. The first-order valence-electron chi connectivity index (χ1n) is 22.6. The molecule has 6 aromatic rings. The average molecular weight is 770 g/mol.